The average Bonchev–Trinajstić information content (AvgIpc) is 2.25. The SMILES string of the molecule is CN(C)/C=C(/C(=O)c1ccccc1Br)[C@@H](N)O. The zero-order valence-corrected chi connectivity index (χ0v) is 11.3. The van der Waals surface area contributed by atoms with Gasteiger partial charge in [-0.25, -0.2) is 0 Å². The first kappa shape index (κ1) is 13.9. The van der Waals surface area contributed by atoms with Gasteiger partial charge in [0.15, 0.2) is 5.78 Å². The number of nitrogens with two attached hydrogens (primary N) is 1. The lowest BCUT2D eigenvalue weighted by atomic mass is 10.0. The van der Waals surface area contributed by atoms with Crippen molar-refractivity contribution in [3.05, 3.63) is 46.1 Å². The molecule has 0 radical (unpaired) electrons. The number of benzene rings is 1. The Morgan fingerprint density at radius 2 is 2.06 bits per heavy atom. The fourth-order valence-electron chi connectivity index (χ4n) is 1.35. The highest BCUT2D eigenvalue weighted by molar-refractivity contribution is 9.10. The predicted octanol–water partition coefficient (Wildman–Crippen LogP) is 1.35. The van der Waals surface area contributed by atoms with E-state index < -0.39 is 6.23 Å². The summed E-state index contributed by atoms with van der Waals surface area (Å²) in [6.45, 7) is 0. The summed E-state index contributed by atoms with van der Waals surface area (Å²) < 4.78 is 0.676. The van der Waals surface area contributed by atoms with E-state index in [-0.39, 0.29) is 11.4 Å². The molecular formula is C12H15BrN2O2. The van der Waals surface area contributed by atoms with Gasteiger partial charge in [0.25, 0.3) is 0 Å². The number of ketones is 1. The standard InChI is InChI=1S/C12H15BrN2O2/c1-15(2)7-9(12(14)17)11(16)8-5-3-4-6-10(8)13/h3-7,12,17H,14H2,1-2H3/b9-7-/t12-/m0/s1. The minimum Gasteiger partial charge on any atom is -0.383 e. The first-order valence-corrected chi connectivity index (χ1v) is 5.83. The lowest BCUT2D eigenvalue weighted by Gasteiger charge is -2.14. The third kappa shape index (κ3) is 3.66. The van der Waals surface area contributed by atoms with Gasteiger partial charge in [-0.15, -0.1) is 0 Å². The van der Waals surface area contributed by atoms with Gasteiger partial charge in [0.2, 0.25) is 0 Å². The van der Waals surface area contributed by atoms with Crippen LogP contribution in [0.5, 0.6) is 0 Å². The first-order valence-electron chi connectivity index (χ1n) is 5.04. The Bertz CT molecular complexity index is 442. The van der Waals surface area contributed by atoms with E-state index in [9.17, 15) is 9.90 Å². The maximum Gasteiger partial charge on any atom is 0.195 e. The van der Waals surface area contributed by atoms with Crippen LogP contribution in [0.15, 0.2) is 40.5 Å². The lowest BCUT2D eigenvalue weighted by molar-refractivity contribution is 0.0986. The second-order valence-electron chi connectivity index (χ2n) is 3.80. The number of carbonyl (C=O) groups is 1. The molecule has 5 heteroatoms. The molecule has 0 unspecified atom stereocenters. The van der Waals surface area contributed by atoms with Gasteiger partial charge < -0.3 is 15.7 Å². The molecule has 0 aliphatic carbocycles. The summed E-state index contributed by atoms with van der Waals surface area (Å²) in [5, 5.41) is 9.43. The molecule has 1 rings (SSSR count). The number of carbonyl (C=O) groups excluding carboxylic acids is 1. The molecule has 0 bridgehead atoms. The van der Waals surface area contributed by atoms with E-state index in [1.165, 1.54) is 6.20 Å². The smallest absolute Gasteiger partial charge is 0.195 e. The summed E-state index contributed by atoms with van der Waals surface area (Å²) in [6, 6.07) is 7.02. The fourth-order valence-corrected chi connectivity index (χ4v) is 1.81. The third-order valence-corrected chi connectivity index (χ3v) is 2.79. The molecule has 0 aliphatic heterocycles. The van der Waals surface area contributed by atoms with Crippen LogP contribution in [-0.4, -0.2) is 36.1 Å². The van der Waals surface area contributed by atoms with Crippen LogP contribution < -0.4 is 5.73 Å². The second-order valence-corrected chi connectivity index (χ2v) is 4.66. The Labute approximate surface area is 109 Å². The van der Waals surface area contributed by atoms with Gasteiger partial charge in [-0.1, -0.05) is 28.1 Å². The number of aliphatic hydroxyl groups excluding tert-OH is 1. The van der Waals surface area contributed by atoms with Crippen LogP contribution in [0.25, 0.3) is 0 Å². The topological polar surface area (TPSA) is 66.6 Å². The van der Waals surface area contributed by atoms with Crippen molar-refractivity contribution in [2.75, 3.05) is 14.1 Å². The predicted molar refractivity (Wildman–Crippen MR) is 70.4 cm³/mol. The van der Waals surface area contributed by atoms with Crippen molar-refractivity contribution in [3.8, 4) is 0 Å². The van der Waals surface area contributed by atoms with E-state index >= 15 is 0 Å². The molecule has 0 aromatic heterocycles. The molecule has 0 amide bonds. The van der Waals surface area contributed by atoms with Crippen LogP contribution in [0, 0.1) is 0 Å². The molecule has 92 valence electrons. The number of hydrogen-bond acceptors (Lipinski definition) is 4. The Morgan fingerprint density at radius 1 is 1.47 bits per heavy atom. The van der Waals surface area contributed by atoms with Crippen LogP contribution in [0.1, 0.15) is 10.4 Å². The van der Waals surface area contributed by atoms with E-state index in [1.807, 2.05) is 6.07 Å². The van der Waals surface area contributed by atoms with Crippen LogP contribution in [0.2, 0.25) is 0 Å². The van der Waals surface area contributed by atoms with Gasteiger partial charge in [0, 0.05) is 30.3 Å². The van der Waals surface area contributed by atoms with Gasteiger partial charge in [-0.3, -0.25) is 4.79 Å². The quantitative estimate of drug-likeness (QED) is 0.500. The molecule has 17 heavy (non-hydrogen) atoms. The zero-order chi connectivity index (χ0) is 13.0. The van der Waals surface area contributed by atoms with E-state index in [4.69, 9.17) is 5.73 Å². The molecular weight excluding hydrogens is 284 g/mol. The highest BCUT2D eigenvalue weighted by Crippen LogP contribution is 2.20. The van der Waals surface area contributed by atoms with Crippen molar-refractivity contribution in [1.82, 2.24) is 4.90 Å². The maximum atomic E-state index is 12.2. The summed E-state index contributed by atoms with van der Waals surface area (Å²) in [6.07, 6.45) is 0.226. The third-order valence-electron chi connectivity index (χ3n) is 2.10. The second kappa shape index (κ2) is 5.95. The molecule has 1 aromatic carbocycles. The molecule has 0 saturated heterocycles. The molecule has 0 spiro atoms. The van der Waals surface area contributed by atoms with Crippen molar-refractivity contribution < 1.29 is 9.90 Å². The molecule has 0 fully saturated rings. The van der Waals surface area contributed by atoms with E-state index in [2.05, 4.69) is 15.9 Å². The van der Waals surface area contributed by atoms with E-state index in [0.29, 0.717) is 10.0 Å². The molecule has 3 N–H and O–H groups in total. The fraction of sp³-hybridized carbons (Fsp3) is 0.250. The van der Waals surface area contributed by atoms with Gasteiger partial charge >= 0.3 is 0 Å². The summed E-state index contributed by atoms with van der Waals surface area (Å²) in [4.78, 5) is 13.8. The Hall–Kier alpha value is -1.17. The van der Waals surface area contributed by atoms with Crippen LogP contribution in [0.3, 0.4) is 0 Å². The summed E-state index contributed by atoms with van der Waals surface area (Å²) in [7, 11) is 3.52. The molecule has 0 aliphatic rings. The van der Waals surface area contributed by atoms with E-state index in [0.717, 1.165) is 0 Å². The highest BCUT2D eigenvalue weighted by atomic mass is 79.9. The van der Waals surface area contributed by atoms with Crippen molar-refractivity contribution in [2.45, 2.75) is 6.23 Å². The highest BCUT2D eigenvalue weighted by Gasteiger charge is 2.19. The largest absolute Gasteiger partial charge is 0.383 e. The number of hydrogen-bond donors (Lipinski definition) is 2. The van der Waals surface area contributed by atoms with Crippen molar-refractivity contribution in [3.63, 3.8) is 0 Å². The normalized spacial score (nSPS) is 13.4. The van der Waals surface area contributed by atoms with E-state index in [1.54, 1.807) is 37.2 Å². The number of halogens is 1. The maximum absolute atomic E-state index is 12.2. The number of Topliss-reactive ketones (excluding diaryl/α,β-unsaturated/α-hetero) is 1. The Morgan fingerprint density at radius 3 is 2.53 bits per heavy atom. The van der Waals surface area contributed by atoms with Crippen LogP contribution >= 0.6 is 15.9 Å². The monoisotopic (exact) mass is 298 g/mol. The van der Waals surface area contributed by atoms with Gasteiger partial charge in [0.05, 0.1) is 5.57 Å². The van der Waals surface area contributed by atoms with Crippen molar-refractivity contribution in [1.29, 1.82) is 0 Å². The van der Waals surface area contributed by atoms with Gasteiger partial charge in [0.1, 0.15) is 6.23 Å². The van der Waals surface area contributed by atoms with Crippen molar-refractivity contribution in [2.24, 2.45) is 5.73 Å². The zero-order valence-electron chi connectivity index (χ0n) is 9.72. The van der Waals surface area contributed by atoms with Crippen LogP contribution in [0.4, 0.5) is 0 Å². The van der Waals surface area contributed by atoms with Gasteiger partial charge in [-0.05, 0) is 12.1 Å². The molecule has 0 heterocycles. The summed E-state index contributed by atoms with van der Waals surface area (Å²) >= 11 is 3.30. The average molecular weight is 299 g/mol. The number of nitrogens with zero attached hydrogens (tertiary/aromatic N) is 1. The van der Waals surface area contributed by atoms with Gasteiger partial charge in [-0.2, -0.15) is 0 Å². The lowest BCUT2D eigenvalue weighted by Crippen LogP contribution is -2.28. The Balaban J connectivity index is 3.14. The number of aliphatic hydroxyl groups is 1. The minimum absolute atomic E-state index is 0.155. The molecule has 4 nitrogen and oxygen atoms in total. The minimum atomic E-state index is -1.29. The molecule has 1 aromatic rings. The summed E-state index contributed by atoms with van der Waals surface area (Å²) in [5.41, 5.74) is 6.03. The number of rotatable bonds is 4. The Kier molecular flexibility index (Phi) is 4.86. The molecule has 0 saturated carbocycles. The van der Waals surface area contributed by atoms with Crippen molar-refractivity contribution >= 4 is 21.7 Å². The van der Waals surface area contributed by atoms with Crippen LogP contribution in [-0.2, 0) is 0 Å². The first-order chi connectivity index (χ1) is 7.93. The molecule has 1 atom stereocenters. The summed E-state index contributed by atoms with van der Waals surface area (Å²) in [5.74, 6) is -0.291.